The maximum atomic E-state index is 12.9. The van der Waals surface area contributed by atoms with Crippen LogP contribution >= 0.6 is 0 Å². The summed E-state index contributed by atoms with van der Waals surface area (Å²) in [5.41, 5.74) is 0.531. The van der Waals surface area contributed by atoms with Crippen LogP contribution < -0.4 is 10.2 Å². The third kappa shape index (κ3) is 3.03. The summed E-state index contributed by atoms with van der Waals surface area (Å²) < 4.78 is 12.9. The van der Waals surface area contributed by atoms with E-state index in [9.17, 15) is 9.18 Å². The number of hydrogen-bond donors (Lipinski definition) is 2. The van der Waals surface area contributed by atoms with Crippen LogP contribution in [0.4, 0.5) is 10.1 Å². The number of carbonyl (C=O) groups excluding carboxylic acids is 1. The van der Waals surface area contributed by atoms with Crippen LogP contribution in [0.1, 0.15) is 12.8 Å². The molecule has 0 bridgehead atoms. The lowest BCUT2D eigenvalue weighted by molar-refractivity contribution is -0.878. The van der Waals surface area contributed by atoms with Crippen molar-refractivity contribution in [1.29, 1.82) is 0 Å². The smallest absolute Gasteiger partial charge is 0.279 e. The average molecular weight is 223 g/mol. The number of benzene rings is 1. The predicted molar refractivity (Wildman–Crippen MR) is 59.8 cm³/mol. The number of carbonyl (C=O) groups is 1. The van der Waals surface area contributed by atoms with Crippen LogP contribution in [0.5, 0.6) is 0 Å². The van der Waals surface area contributed by atoms with Crippen LogP contribution in [-0.4, -0.2) is 25.5 Å². The van der Waals surface area contributed by atoms with Crippen molar-refractivity contribution in [2.75, 3.05) is 25.0 Å². The number of nitrogens with one attached hydrogen (secondary N) is 2. The molecule has 1 aromatic rings. The van der Waals surface area contributed by atoms with Crippen molar-refractivity contribution < 1.29 is 14.1 Å². The number of anilines is 1. The van der Waals surface area contributed by atoms with Crippen molar-refractivity contribution in [3.8, 4) is 0 Å². The second-order valence-electron chi connectivity index (χ2n) is 4.19. The molecule has 1 amide bonds. The van der Waals surface area contributed by atoms with Crippen LogP contribution in [0.15, 0.2) is 24.3 Å². The van der Waals surface area contributed by atoms with Gasteiger partial charge in [-0.2, -0.15) is 0 Å². The van der Waals surface area contributed by atoms with Crippen LogP contribution in [0.3, 0.4) is 0 Å². The average Bonchev–Trinajstić information content (AvgIpc) is 2.70. The van der Waals surface area contributed by atoms with Gasteiger partial charge in [-0.05, 0) is 18.2 Å². The summed E-state index contributed by atoms with van der Waals surface area (Å²) in [6.45, 7) is 2.61. The highest BCUT2D eigenvalue weighted by molar-refractivity contribution is 5.91. The SMILES string of the molecule is O=C(C[NH+]1CCCC1)Nc1cccc(F)c1. The second-order valence-corrected chi connectivity index (χ2v) is 4.19. The molecule has 86 valence electrons. The van der Waals surface area contributed by atoms with E-state index in [2.05, 4.69) is 5.32 Å². The minimum atomic E-state index is -0.327. The number of halogens is 1. The van der Waals surface area contributed by atoms with Crippen molar-refractivity contribution >= 4 is 11.6 Å². The van der Waals surface area contributed by atoms with Crippen molar-refractivity contribution in [3.63, 3.8) is 0 Å². The molecule has 1 fully saturated rings. The molecule has 1 saturated heterocycles. The quantitative estimate of drug-likeness (QED) is 0.766. The van der Waals surface area contributed by atoms with Gasteiger partial charge in [0, 0.05) is 18.5 Å². The van der Waals surface area contributed by atoms with E-state index in [4.69, 9.17) is 0 Å². The molecule has 3 nitrogen and oxygen atoms in total. The summed E-state index contributed by atoms with van der Waals surface area (Å²) in [5, 5.41) is 2.71. The van der Waals surface area contributed by atoms with Gasteiger partial charge in [-0.25, -0.2) is 4.39 Å². The number of quaternary nitrogens is 1. The molecule has 2 rings (SSSR count). The van der Waals surface area contributed by atoms with Gasteiger partial charge in [-0.15, -0.1) is 0 Å². The molecule has 0 unspecified atom stereocenters. The molecule has 1 aromatic carbocycles. The summed E-state index contributed by atoms with van der Waals surface area (Å²) >= 11 is 0. The second kappa shape index (κ2) is 5.07. The third-order valence-electron chi connectivity index (χ3n) is 2.83. The molecule has 2 N–H and O–H groups in total. The zero-order valence-corrected chi connectivity index (χ0v) is 9.13. The van der Waals surface area contributed by atoms with Gasteiger partial charge >= 0.3 is 0 Å². The highest BCUT2D eigenvalue weighted by atomic mass is 19.1. The lowest BCUT2D eigenvalue weighted by Crippen LogP contribution is -3.11. The van der Waals surface area contributed by atoms with E-state index in [0.717, 1.165) is 13.1 Å². The summed E-state index contributed by atoms with van der Waals surface area (Å²) in [6.07, 6.45) is 2.39. The molecule has 0 saturated carbocycles. The zero-order valence-electron chi connectivity index (χ0n) is 9.13. The van der Waals surface area contributed by atoms with E-state index in [1.807, 2.05) is 0 Å². The Labute approximate surface area is 94.3 Å². The molecule has 0 aromatic heterocycles. The van der Waals surface area contributed by atoms with E-state index in [1.54, 1.807) is 12.1 Å². The van der Waals surface area contributed by atoms with E-state index < -0.39 is 0 Å². The van der Waals surface area contributed by atoms with Crippen LogP contribution in [0.2, 0.25) is 0 Å². The third-order valence-corrected chi connectivity index (χ3v) is 2.83. The van der Waals surface area contributed by atoms with Gasteiger partial charge in [0.05, 0.1) is 13.1 Å². The number of amides is 1. The number of likely N-dealkylation sites (tertiary alicyclic amines) is 1. The monoisotopic (exact) mass is 223 g/mol. The molecular formula is C12H16FN2O+. The molecule has 0 aliphatic carbocycles. The highest BCUT2D eigenvalue weighted by Crippen LogP contribution is 2.08. The maximum Gasteiger partial charge on any atom is 0.279 e. The van der Waals surface area contributed by atoms with Gasteiger partial charge in [-0.3, -0.25) is 4.79 Å². The first kappa shape index (κ1) is 11.1. The molecule has 0 spiro atoms. The highest BCUT2D eigenvalue weighted by Gasteiger charge is 2.18. The lowest BCUT2D eigenvalue weighted by atomic mass is 10.3. The standard InChI is InChI=1S/C12H15FN2O/c13-10-4-3-5-11(8-10)14-12(16)9-15-6-1-2-7-15/h3-5,8H,1-2,6-7,9H2,(H,14,16)/p+1. The molecule has 0 atom stereocenters. The van der Waals surface area contributed by atoms with Crippen molar-refractivity contribution in [1.82, 2.24) is 0 Å². The normalized spacial score (nSPS) is 16.3. The largest absolute Gasteiger partial charge is 0.327 e. The van der Waals surface area contributed by atoms with Crippen molar-refractivity contribution in [2.45, 2.75) is 12.8 Å². The first-order chi connectivity index (χ1) is 7.74. The Morgan fingerprint density at radius 3 is 2.81 bits per heavy atom. The number of rotatable bonds is 3. The van der Waals surface area contributed by atoms with E-state index in [1.165, 1.54) is 29.9 Å². The summed E-state index contributed by atoms with van der Waals surface area (Å²) in [4.78, 5) is 12.9. The lowest BCUT2D eigenvalue weighted by Gasteiger charge is -2.11. The topological polar surface area (TPSA) is 33.5 Å². The Kier molecular flexibility index (Phi) is 3.51. The van der Waals surface area contributed by atoms with E-state index in [0.29, 0.717) is 12.2 Å². The van der Waals surface area contributed by atoms with Crippen LogP contribution in [-0.2, 0) is 4.79 Å². The molecule has 4 heteroatoms. The Hall–Kier alpha value is -1.42. The fraction of sp³-hybridized carbons (Fsp3) is 0.417. The van der Waals surface area contributed by atoms with E-state index >= 15 is 0 Å². The van der Waals surface area contributed by atoms with Crippen LogP contribution in [0.25, 0.3) is 0 Å². The minimum Gasteiger partial charge on any atom is -0.327 e. The minimum absolute atomic E-state index is 0.0394. The van der Waals surface area contributed by atoms with Crippen molar-refractivity contribution in [2.24, 2.45) is 0 Å². The van der Waals surface area contributed by atoms with Crippen LogP contribution in [0, 0.1) is 5.82 Å². The number of hydrogen-bond acceptors (Lipinski definition) is 1. The molecule has 0 radical (unpaired) electrons. The van der Waals surface area contributed by atoms with Gasteiger partial charge in [0.1, 0.15) is 5.82 Å². The molecule has 1 aliphatic rings. The Bertz CT molecular complexity index is 375. The Morgan fingerprint density at radius 1 is 1.38 bits per heavy atom. The molecule has 1 heterocycles. The Balaban J connectivity index is 1.86. The zero-order chi connectivity index (χ0) is 11.4. The molecular weight excluding hydrogens is 207 g/mol. The first-order valence-corrected chi connectivity index (χ1v) is 5.63. The molecule has 1 aliphatic heterocycles. The van der Waals surface area contributed by atoms with Gasteiger partial charge in [0.15, 0.2) is 6.54 Å². The summed E-state index contributed by atoms with van der Waals surface area (Å²) in [5.74, 6) is -0.367. The Morgan fingerprint density at radius 2 is 2.12 bits per heavy atom. The molecule has 16 heavy (non-hydrogen) atoms. The van der Waals surface area contributed by atoms with Gasteiger partial charge in [0.2, 0.25) is 0 Å². The summed E-state index contributed by atoms with van der Waals surface area (Å²) in [7, 11) is 0. The van der Waals surface area contributed by atoms with Gasteiger partial charge in [0.25, 0.3) is 5.91 Å². The van der Waals surface area contributed by atoms with Crippen molar-refractivity contribution in [3.05, 3.63) is 30.1 Å². The fourth-order valence-electron chi connectivity index (χ4n) is 2.05. The predicted octanol–water partition coefficient (Wildman–Crippen LogP) is 0.443. The van der Waals surface area contributed by atoms with Gasteiger partial charge in [-0.1, -0.05) is 6.07 Å². The van der Waals surface area contributed by atoms with E-state index in [-0.39, 0.29) is 11.7 Å². The summed E-state index contributed by atoms with van der Waals surface area (Å²) in [6, 6.07) is 5.98. The maximum absolute atomic E-state index is 12.9. The first-order valence-electron chi connectivity index (χ1n) is 5.63. The fourth-order valence-corrected chi connectivity index (χ4v) is 2.05. The van der Waals surface area contributed by atoms with Gasteiger partial charge < -0.3 is 10.2 Å².